The number of aromatic nitrogens is 3. The van der Waals surface area contributed by atoms with E-state index in [1.54, 1.807) is 7.05 Å². The van der Waals surface area contributed by atoms with Crippen molar-refractivity contribution in [3.63, 3.8) is 0 Å². The largest absolute Gasteiger partial charge is 0.409 e. The third kappa shape index (κ3) is 3.00. The van der Waals surface area contributed by atoms with Crippen LogP contribution in [-0.4, -0.2) is 39.0 Å². The first-order valence-electron chi connectivity index (χ1n) is 5.82. The average Bonchev–Trinajstić information content (AvgIpc) is 3.07. The standard InChI is InChI=1S/C11H14N6O4/c1-17-10(7(4-13-17)9(12)15-19)14-11(18)8-3-6(5-20-2)21-16-8/h3-4,19H,5H2,1-2H3,(H2,12,15)(H,14,18). The van der Waals surface area contributed by atoms with Crippen LogP contribution in [0.25, 0.3) is 0 Å². The molecule has 0 saturated heterocycles. The summed E-state index contributed by atoms with van der Waals surface area (Å²) in [6.45, 7) is 0.210. The molecule has 10 nitrogen and oxygen atoms in total. The summed E-state index contributed by atoms with van der Waals surface area (Å²) in [7, 11) is 3.10. The van der Waals surface area contributed by atoms with Gasteiger partial charge >= 0.3 is 0 Å². The zero-order valence-electron chi connectivity index (χ0n) is 11.4. The van der Waals surface area contributed by atoms with Crippen LogP contribution in [0.2, 0.25) is 0 Å². The van der Waals surface area contributed by atoms with Crippen molar-refractivity contribution < 1.29 is 19.3 Å². The quantitative estimate of drug-likeness (QED) is 0.302. The van der Waals surface area contributed by atoms with E-state index >= 15 is 0 Å². The van der Waals surface area contributed by atoms with Crippen LogP contribution in [0.3, 0.4) is 0 Å². The third-order valence-corrected chi connectivity index (χ3v) is 2.63. The number of ether oxygens (including phenoxy) is 1. The van der Waals surface area contributed by atoms with Gasteiger partial charge in [-0.2, -0.15) is 5.10 Å². The van der Waals surface area contributed by atoms with E-state index in [2.05, 4.69) is 20.7 Å². The predicted octanol–water partition coefficient (Wildman–Crippen LogP) is -0.0987. The number of hydrogen-bond donors (Lipinski definition) is 3. The number of nitrogens with zero attached hydrogens (tertiary/aromatic N) is 4. The Bertz CT molecular complexity index is 674. The number of nitrogens with two attached hydrogens (primary N) is 1. The second kappa shape index (κ2) is 6.05. The molecule has 112 valence electrons. The number of methoxy groups -OCH3 is 1. The lowest BCUT2D eigenvalue weighted by atomic mass is 10.3. The van der Waals surface area contributed by atoms with Crippen molar-refractivity contribution in [1.29, 1.82) is 0 Å². The minimum absolute atomic E-state index is 0.0775. The van der Waals surface area contributed by atoms with Gasteiger partial charge in [0.1, 0.15) is 12.4 Å². The lowest BCUT2D eigenvalue weighted by molar-refractivity contribution is 0.101. The molecule has 10 heteroatoms. The summed E-state index contributed by atoms with van der Waals surface area (Å²) in [6.07, 6.45) is 1.36. The summed E-state index contributed by atoms with van der Waals surface area (Å²) < 4.78 is 11.2. The molecule has 0 aliphatic rings. The molecule has 0 aliphatic heterocycles. The van der Waals surface area contributed by atoms with E-state index in [-0.39, 0.29) is 29.5 Å². The Morgan fingerprint density at radius 1 is 1.67 bits per heavy atom. The van der Waals surface area contributed by atoms with E-state index < -0.39 is 5.91 Å². The van der Waals surface area contributed by atoms with Crippen molar-refractivity contribution in [2.24, 2.45) is 17.9 Å². The van der Waals surface area contributed by atoms with Crippen LogP contribution in [0.1, 0.15) is 21.8 Å². The smallest absolute Gasteiger partial charge is 0.279 e. The average molecular weight is 294 g/mol. The Balaban J connectivity index is 2.21. The fraction of sp³-hybridized carbons (Fsp3) is 0.273. The van der Waals surface area contributed by atoms with Crippen LogP contribution in [-0.2, 0) is 18.4 Å². The zero-order valence-corrected chi connectivity index (χ0v) is 11.4. The van der Waals surface area contributed by atoms with E-state index in [1.165, 1.54) is 24.1 Å². The van der Waals surface area contributed by atoms with Crippen molar-refractivity contribution in [3.05, 3.63) is 29.3 Å². The lowest BCUT2D eigenvalue weighted by Crippen LogP contribution is -2.20. The highest BCUT2D eigenvalue weighted by atomic mass is 16.5. The molecule has 0 radical (unpaired) electrons. The Hall–Kier alpha value is -2.88. The molecule has 0 saturated carbocycles. The van der Waals surface area contributed by atoms with Gasteiger partial charge in [0.2, 0.25) is 0 Å². The third-order valence-electron chi connectivity index (χ3n) is 2.63. The Morgan fingerprint density at radius 3 is 3.10 bits per heavy atom. The van der Waals surface area contributed by atoms with Crippen molar-refractivity contribution >= 4 is 17.6 Å². The topological polar surface area (TPSA) is 141 Å². The number of aryl methyl sites for hydroxylation is 1. The molecule has 1 amide bonds. The number of oxime groups is 1. The first-order valence-corrected chi connectivity index (χ1v) is 5.82. The normalized spacial score (nSPS) is 11.6. The van der Waals surface area contributed by atoms with Gasteiger partial charge in [-0.1, -0.05) is 10.3 Å². The van der Waals surface area contributed by atoms with Gasteiger partial charge < -0.3 is 25.5 Å². The molecule has 4 N–H and O–H groups in total. The molecule has 2 aromatic rings. The maximum atomic E-state index is 12.1. The Labute approximate surface area is 119 Å². The number of amides is 1. The number of carbonyl (C=O) groups excluding carboxylic acids is 1. The molecule has 0 spiro atoms. The van der Waals surface area contributed by atoms with E-state index in [0.717, 1.165) is 0 Å². The van der Waals surface area contributed by atoms with Crippen molar-refractivity contribution in [1.82, 2.24) is 14.9 Å². The van der Waals surface area contributed by atoms with Crippen molar-refractivity contribution in [2.45, 2.75) is 6.61 Å². The summed E-state index contributed by atoms with van der Waals surface area (Å²) in [5, 5.41) is 21.7. The monoisotopic (exact) mass is 294 g/mol. The highest BCUT2D eigenvalue weighted by Crippen LogP contribution is 2.15. The van der Waals surface area contributed by atoms with Crippen LogP contribution in [0.5, 0.6) is 0 Å². The van der Waals surface area contributed by atoms with Gasteiger partial charge in [-0.15, -0.1) is 0 Å². The van der Waals surface area contributed by atoms with E-state index in [0.29, 0.717) is 5.76 Å². The Kier molecular flexibility index (Phi) is 4.18. The van der Waals surface area contributed by atoms with Crippen LogP contribution in [0.15, 0.2) is 21.9 Å². The number of anilines is 1. The number of nitrogens with one attached hydrogen (secondary N) is 1. The summed E-state index contributed by atoms with van der Waals surface area (Å²) in [4.78, 5) is 12.1. The highest BCUT2D eigenvalue weighted by Gasteiger charge is 2.18. The molecule has 0 unspecified atom stereocenters. The molecule has 0 aromatic carbocycles. The van der Waals surface area contributed by atoms with E-state index in [1.807, 2.05) is 0 Å². The van der Waals surface area contributed by atoms with Gasteiger partial charge in [0, 0.05) is 20.2 Å². The number of carbonyl (C=O) groups is 1. The maximum absolute atomic E-state index is 12.1. The summed E-state index contributed by atoms with van der Waals surface area (Å²) in [5.41, 5.74) is 5.87. The van der Waals surface area contributed by atoms with E-state index in [9.17, 15) is 4.79 Å². The summed E-state index contributed by atoms with van der Waals surface area (Å²) in [6, 6.07) is 1.46. The second-order valence-electron chi connectivity index (χ2n) is 4.08. The minimum atomic E-state index is -0.517. The first kappa shape index (κ1) is 14.5. The summed E-state index contributed by atoms with van der Waals surface area (Å²) >= 11 is 0. The van der Waals surface area contributed by atoms with E-state index in [4.69, 9.17) is 20.2 Å². The molecule has 0 bridgehead atoms. The second-order valence-corrected chi connectivity index (χ2v) is 4.08. The fourth-order valence-corrected chi connectivity index (χ4v) is 1.63. The van der Waals surface area contributed by atoms with Crippen LogP contribution in [0.4, 0.5) is 5.82 Å². The van der Waals surface area contributed by atoms with Crippen LogP contribution >= 0.6 is 0 Å². The van der Waals surface area contributed by atoms with Gasteiger partial charge in [-0.25, -0.2) is 0 Å². The van der Waals surface area contributed by atoms with Gasteiger partial charge in [0.05, 0.1) is 11.8 Å². The molecule has 2 heterocycles. The summed E-state index contributed by atoms with van der Waals surface area (Å²) in [5.74, 6) is 0.00576. The van der Waals surface area contributed by atoms with Crippen molar-refractivity contribution in [3.8, 4) is 0 Å². The predicted molar refractivity (Wildman–Crippen MR) is 70.9 cm³/mol. The van der Waals surface area contributed by atoms with Gasteiger partial charge in [0.25, 0.3) is 5.91 Å². The molecule has 0 aliphatic carbocycles. The van der Waals surface area contributed by atoms with Crippen LogP contribution in [0, 0.1) is 0 Å². The van der Waals surface area contributed by atoms with Gasteiger partial charge in [-0.05, 0) is 0 Å². The molecule has 21 heavy (non-hydrogen) atoms. The zero-order chi connectivity index (χ0) is 15.4. The fourth-order valence-electron chi connectivity index (χ4n) is 1.63. The SMILES string of the molecule is COCc1cc(C(=O)Nc2c(C(N)=NO)cnn2C)no1. The molecule has 0 atom stereocenters. The lowest BCUT2D eigenvalue weighted by Gasteiger charge is -2.05. The van der Waals surface area contributed by atoms with Gasteiger partial charge in [0.15, 0.2) is 17.3 Å². The Morgan fingerprint density at radius 2 is 2.43 bits per heavy atom. The van der Waals surface area contributed by atoms with Crippen molar-refractivity contribution in [2.75, 3.05) is 12.4 Å². The molecular formula is C11H14N6O4. The number of amidine groups is 1. The highest BCUT2D eigenvalue weighted by molar-refractivity contribution is 6.08. The first-order chi connectivity index (χ1) is 10.1. The molecule has 0 fully saturated rings. The molecule has 2 aromatic heterocycles. The number of rotatable bonds is 5. The minimum Gasteiger partial charge on any atom is -0.409 e. The number of hydrogen-bond acceptors (Lipinski definition) is 7. The van der Waals surface area contributed by atoms with Crippen LogP contribution < -0.4 is 11.1 Å². The molecule has 2 rings (SSSR count). The van der Waals surface area contributed by atoms with Gasteiger partial charge in [-0.3, -0.25) is 9.48 Å². The maximum Gasteiger partial charge on any atom is 0.279 e. The molecular weight excluding hydrogens is 280 g/mol.